The molecule has 1 aromatic carbocycles. The molecule has 1 aliphatic rings. The number of rotatable bonds is 6. The minimum Gasteiger partial charge on any atom is -0.455 e. The van der Waals surface area contributed by atoms with E-state index in [2.05, 4.69) is 14.7 Å². The Morgan fingerprint density at radius 3 is 2.70 bits per heavy atom. The van der Waals surface area contributed by atoms with Gasteiger partial charge in [0.1, 0.15) is 22.2 Å². The molecule has 3 N–H and O–H groups in total. The highest BCUT2D eigenvalue weighted by atomic mass is 32.2. The molecule has 0 amide bonds. The Balaban J connectivity index is 1.76. The number of nitrogens with zero attached hydrogens (tertiary/aromatic N) is 2. The molecule has 0 fully saturated rings. The van der Waals surface area contributed by atoms with E-state index in [0.717, 1.165) is 6.07 Å². The molecule has 0 radical (unpaired) electrons. The molecule has 2 unspecified atom stereocenters. The fourth-order valence-electron chi connectivity index (χ4n) is 3.71. The van der Waals surface area contributed by atoms with Gasteiger partial charge in [0.05, 0.1) is 11.6 Å². The molecule has 9 nitrogen and oxygen atoms in total. The molecule has 2 atom stereocenters. The Morgan fingerprint density at radius 1 is 1.27 bits per heavy atom. The minimum atomic E-state index is -4.05. The second-order valence-corrected chi connectivity index (χ2v) is 9.20. The van der Waals surface area contributed by atoms with Crippen molar-refractivity contribution in [2.24, 2.45) is 5.73 Å². The Kier molecular flexibility index (Phi) is 6.11. The summed E-state index contributed by atoms with van der Waals surface area (Å²) in [5, 5.41) is 0.633. The van der Waals surface area contributed by atoms with Gasteiger partial charge in [-0.05, 0) is 37.7 Å². The number of fused-ring (bicyclic) bond motifs is 1. The fourth-order valence-corrected chi connectivity index (χ4v) is 4.54. The van der Waals surface area contributed by atoms with Gasteiger partial charge in [0.25, 0.3) is 0 Å². The smallest absolute Gasteiger partial charge is 0.341 e. The van der Waals surface area contributed by atoms with Gasteiger partial charge in [-0.2, -0.15) is 0 Å². The van der Waals surface area contributed by atoms with Crippen LogP contribution in [-0.2, 0) is 10.0 Å². The van der Waals surface area contributed by atoms with E-state index in [1.807, 2.05) is 6.08 Å². The summed E-state index contributed by atoms with van der Waals surface area (Å²) in [5.41, 5.74) is 6.23. The Labute approximate surface area is 188 Å². The molecule has 0 saturated heterocycles. The van der Waals surface area contributed by atoms with Crippen molar-refractivity contribution >= 4 is 22.2 Å². The average molecular weight is 472 g/mol. The van der Waals surface area contributed by atoms with E-state index in [-0.39, 0.29) is 17.1 Å². The van der Waals surface area contributed by atoms with Crippen LogP contribution in [0.1, 0.15) is 29.2 Å². The first kappa shape index (κ1) is 22.8. The molecule has 0 bridgehead atoms. The maximum Gasteiger partial charge on any atom is 0.341 e. The predicted molar refractivity (Wildman–Crippen MR) is 118 cm³/mol. The van der Waals surface area contributed by atoms with Gasteiger partial charge in [0.15, 0.2) is 0 Å². The number of sulfonamides is 1. The summed E-state index contributed by atoms with van der Waals surface area (Å²) < 4.78 is 52.6. The largest absolute Gasteiger partial charge is 0.455 e. The third-order valence-corrected chi connectivity index (χ3v) is 6.82. The monoisotopic (exact) mass is 472 g/mol. The number of ether oxygens (including phenoxy) is 1. The van der Waals surface area contributed by atoms with Gasteiger partial charge in [-0.15, -0.1) is 0 Å². The summed E-state index contributed by atoms with van der Waals surface area (Å²) in [5.74, 6) is -1.03. The van der Waals surface area contributed by atoms with E-state index in [1.54, 1.807) is 31.5 Å². The summed E-state index contributed by atoms with van der Waals surface area (Å²) in [6.45, 7) is 1.68. The van der Waals surface area contributed by atoms with Crippen molar-refractivity contribution in [2.75, 3.05) is 7.05 Å². The Morgan fingerprint density at radius 2 is 2.00 bits per heavy atom. The number of nitrogens with two attached hydrogens (primary N) is 1. The van der Waals surface area contributed by atoms with Gasteiger partial charge in [0.2, 0.25) is 10.0 Å². The molecule has 172 valence electrons. The number of halogens is 1. The highest BCUT2D eigenvalue weighted by molar-refractivity contribution is 7.89. The maximum atomic E-state index is 15.1. The van der Waals surface area contributed by atoms with Crippen LogP contribution in [0.15, 0.2) is 50.8 Å². The van der Waals surface area contributed by atoms with Gasteiger partial charge >= 0.3 is 11.6 Å². The molecule has 0 aliphatic heterocycles. The van der Waals surface area contributed by atoms with Crippen molar-refractivity contribution < 1.29 is 22.0 Å². The van der Waals surface area contributed by atoms with E-state index >= 15 is 4.39 Å². The van der Waals surface area contributed by atoms with E-state index in [9.17, 15) is 13.2 Å². The molecule has 3 aromatic rings. The fraction of sp³-hybridized carbons (Fsp3) is 0.227. The van der Waals surface area contributed by atoms with Crippen LogP contribution in [0.25, 0.3) is 12.2 Å². The van der Waals surface area contributed by atoms with Gasteiger partial charge in [-0.25, -0.2) is 32.3 Å². The topological polar surface area (TPSA) is 137 Å². The zero-order valence-electron chi connectivity index (χ0n) is 17.8. The SMILES string of the molecule is CNS(=O)(=O)c1cccc(C(N)c2c(C)c3c(oc2=O)=CC(Oc2ncccn2)CC=3)c1F. The molecule has 0 spiro atoms. The highest BCUT2D eigenvalue weighted by Gasteiger charge is 2.26. The van der Waals surface area contributed by atoms with Gasteiger partial charge in [-0.3, -0.25) is 0 Å². The lowest BCUT2D eigenvalue weighted by molar-refractivity contribution is 0.245. The molecular formula is C22H21FN4O5S. The number of hydrogen-bond acceptors (Lipinski definition) is 8. The van der Waals surface area contributed by atoms with E-state index in [1.165, 1.54) is 19.2 Å². The maximum absolute atomic E-state index is 15.1. The van der Waals surface area contributed by atoms with Crippen LogP contribution in [-0.4, -0.2) is 31.5 Å². The summed E-state index contributed by atoms with van der Waals surface area (Å²) in [6, 6.07) is 4.45. The summed E-state index contributed by atoms with van der Waals surface area (Å²) >= 11 is 0. The normalized spacial score (nSPS) is 16.3. The van der Waals surface area contributed by atoms with Crippen LogP contribution >= 0.6 is 0 Å². The van der Waals surface area contributed by atoms with Gasteiger partial charge in [0, 0.05) is 29.6 Å². The highest BCUT2D eigenvalue weighted by Crippen LogP contribution is 2.25. The second-order valence-electron chi connectivity index (χ2n) is 7.34. The molecule has 33 heavy (non-hydrogen) atoms. The minimum absolute atomic E-state index is 0.0436. The summed E-state index contributed by atoms with van der Waals surface area (Å²) in [6.07, 6.45) is 6.60. The van der Waals surface area contributed by atoms with Gasteiger partial charge in [-0.1, -0.05) is 18.2 Å². The average Bonchev–Trinajstić information content (AvgIpc) is 2.79. The molecule has 0 saturated carbocycles. The molecule has 11 heteroatoms. The third kappa shape index (κ3) is 4.30. The van der Waals surface area contributed by atoms with E-state index in [0.29, 0.717) is 22.6 Å². The van der Waals surface area contributed by atoms with E-state index < -0.39 is 38.5 Å². The number of nitrogens with one attached hydrogen (secondary N) is 1. The van der Waals surface area contributed by atoms with Crippen LogP contribution in [0.5, 0.6) is 6.01 Å². The number of aromatic nitrogens is 2. The predicted octanol–water partition coefficient (Wildman–Crippen LogP) is 0.246. The van der Waals surface area contributed by atoms with Crippen molar-refractivity contribution in [1.29, 1.82) is 0 Å². The lowest BCUT2D eigenvalue weighted by Gasteiger charge is -2.18. The van der Waals surface area contributed by atoms with Crippen molar-refractivity contribution in [1.82, 2.24) is 14.7 Å². The van der Waals surface area contributed by atoms with Crippen LogP contribution < -0.4 is 31.5 Å². The number of hydrogen-bond donors (Lipinski definition) is 2. The van der Waals surface area contributed by atoms with E-state index in [4.69, 9.17) is 14.9 Å². The first-order valence-corrected chi connectivity index (χ1v) is 11.5. The summed E-state index contributed by atoms with van der Waals surface area (Å²) in [4.78, 5) is 20.3. The van der Waals surface area contributed by atoms with Crippen molar-refractivity contribution in [2.45, 2.75) is 30.4 Å². The molecule has 2 aromatic heterocycles. The quantitative estimate of drug-likeness (QED) is 0.521. The van der Waals surface area contributed by atoms with Crippen molar-refractivity contribution in [3.8, 4) is 6.01 Å². The second kappa shape index (κ2) is 8.85. The zero-order chi connectivity index (χ0) is 23.8. The lowest BCUT2D eigenvalue weighted by atomic mass is 9.95. The standard InChI is InChI=1S/C22H21FN4O5S/c1-12-14-8-7-13(31-22-26-9-4-10-27-22)11-16(14)32-21(28)18(12)20(24)15-5-3-6-17(19(15)23)33(29,30)25-2/h3-6,8-11,13,20,25H,7,24H2,1-2H3. The molecule has 2 heterocycles. The molecular weight excluding hydrogens is 451 g/mol. The van der Waals surface area contributed by atoms with Gasteiger partial charge < -0.3 is 14.9 Å². The lowest BCUT2D eigenvalue weighted by Crippen LogP contribution is -2.40. The summed E-state index contributed by atoms with van der Waals surface area (Å²) in [7, 11) is -2.87. The first-order chi connectivity index (χ1) is 15.7. The zero-order valence-corrected chi connectivity index (χ0v) is 18.6. The van der Waals surface area contributed by atoms with Crippen LogP contribution in [0.2, 0.25) is 0 Å². The van der Waals surface area contributed by atoms with Crippen molar-refractivity contribution in [3.05, 3.63) is 80.2 Å². The molecule has 1 aliphatic carbocycles. The van der Waals surface area contributed by atoms with Crippen molar-refractivity contribution in [3.63, 3.8) is 0 Å². The van der Waals surface area contributed by atoms with Crippen LogP contribution in [0, 0.1) is 12.7 Å². The first-order valence-electron chi connectivity index (χ1n) is 9.99. The van der Waals surface area contributed by atoms with Crippen LogP contribution in [0.4, 0.5) is 4.39 Å². The number of benzene rings is 1. The molecule has 4 rings (SSSR count). The third-order valence-electron chi connectivity index (χ3n) is 5.38. The van der Waals surface area contributed by atoms with Crippen LogP contribution in [0.3, 0.4) is 0 Å². The Hall–Kier alpha value is -3.41. The Bertz CT molecular complexity index is 1490.